The van der Waals surface area contributed by atoms with Crippen molar-refractivity contribution >= 4 is 28.6 Å². The average Bonchev–Trinajstić information content (AvgIpc) is 2.40. The van der Waals surface area contributed by atoms with Gasteiger partial charge in [-0.25, -0.2) is 0 Å². The fourth-order valence-electron chi connectivity index (χ4n) is 1.45. The molecule has 2 aromatic rings. The first kappa shape index (κ1) is 12.3. The Morgan fingerprint density at radius 3 is 2.33 bits per heavy atom. The molecule has 0 amide bonds. The van der Waals surface area contributed by atoms with Crippen LogP contribution in [0.25, 0.3) is 0 Å². The van der Waals surface area contributed by atoms with Crippen molar-refractivity contribution in [2.45, 2.75) is 0 Å². The van der Waals surface area contributed by atoms with Crippen molar-refractivity contribution in [1.82, 2.24) is 4.98 Å². The molecule has 0 radical (unpaired) electrons. The van der Waals surface area contributed by atoms with E-state index in [4.69, 9.17) is 22.7 Å². The molecule has 0 fully saturated rings. The van der Waals surface area contributed by atoms with E-state index in [2.05, 4.69) is 10.3 Å². The molecule has 2 rings (SSSR count). The number of aromatic nitrogens is 1. The molecule has 0 spiro atoms. The SMILES string of the molecule is COc1ccc(Nc2ccc(C(N)=S)nc2)cc1. The van der Waals surface area contributed by atoms with Gasteiger partial charge in [-0.15, -0.1) is 0 Å². The van der Waals surface area contributed by atoms with E-state index in [0.717, 1.165) is 17.1 Å². The molecule has 0 bridgehead atoms. The van der Waals surface area contributed by atoms with Crippen LogP contribution in [-0.2, 0) is 0 Å². The highest BCUT2D eigenvalue weighted by Gasteiger charge is 1.99. The molecule has 4 nitrogen and oxygen atoms in total. The predicted octanol–water partition coefficient (Wildman–Crippen LogP) is 2.47. The number of anilines is 2. The van der Waals surface area contributed by atoms with E-state index in [1.807, 2.05) is 30.3 Å². The molecule has 0 aliphatic carbocycles. The highest BCUT2D eigenvalue weighted by Crippen LogP contribution is 2.19. The number of nitrogens with zero attached hydrogens (tertiary/aromatic N) is 1. The third kappa shape index (κ3) is 2.95. The number of hydrogen-bond donors (Lipinski definition) is 2. The van der Waals surface area contributed by atoms with E-state index in [1.165, 1.54) is 0 Å². The molecule has 3 N–H and O–H groups in total. The fourth-order valence-corrected chi connectivity index (χ4v) is 1.58. The van der Waals surface area contributed by atoms with Gasteiger partial charge in [0.1, 0.15) is 10.7 Å². The first-order valence-electron chi connectivity index (χ1n) is 5.36. The van der Waals surface area contributed by atoms with Gasteiger partial charge in [0.25, 0.3) is 0 Å². The summed E-state index contributed by atoms with van der Waals surface area (Å²) in [7, 11) is 1.64. The van der Waals surface area contributed by atoms with Crippen LogP contribution < -0.4 is 15.8 Å². The lowest BCUT2D eigenvalue weighted by Crippen LogP contribution is -2.11. The van der Waals surface area contributed by atoms with Gasteiger partial charge < -0.3 is 15.8 Å². The van der Waals surface area contributed by atoms with Gasteiger partial charge in [-0.05, 0) is 36.4 Å². The molecule has 0 unspecified atom stereocenters. The highest BCUT2D eigenvalue weighted by atomic mass is 32.1. The Balaban J connectivity index is 2.10. The molecular formula is C13H13N3OS. The van der Waals surface area contributed by atoms with Crippen LogP contribution in [0.3, 0.4) is 0 Å². The van der Waals surface area contributed by atoms with Gasteiger partial charge in [-0.1, -0.05) is 12.2 Å². The number of rotatable bonds is 4. The lowest BCUT2D eigenvalue weighted by atomic mass is 10.3. The van der Waals surface area contributed by atoms with Crippen molar-refractivity contribution in [1.29, 1.82) is 0 Å². The van der Waals surface area contributed by atoms with Crippen LogP contribution in [0.5, 0.6) is 5.75 Å². The summed E-state index contributed by atoms with van der Waals surface area (Å²) in [5.74, 6) is 0.822. The number of nitrogens with two attached hydrogens (primary N) is 1. The first-order chi connectivity index (χ1) is 8.69. The molecule has 0 atom stereocenters. The zero-order chi connectivity index (χ0) is 13.0. The monoisotopic (exact) mass is 259 g/mol. The van der Waals surface area contributed by atoms with E-state index in [9.17, 15) is 0 Å². The Morgan fingerprint density at radius 1 is 1.17 bits per heavy atom. The Labute approximate surface area is 111 Å². The van der Waals surface area contributed by atoms with Gasteiger partial charge in [0.2, 0.25) is 0 Å². The van der Waals surface area contributed by atoms with Crippen LogP contribution in [0.4, 0.5) is 11.4 Å². The van der Waals surface area contributed by atoms with E-state index < -0.39 is 0 Å². The van der Waals surface area contributed by atoms with Gasteiger partial charge in [0, 0.05) is 5.69 Å². The minimum absolute atomic E-state index is 0.297. The molecule has 0 aliphatic rings. The topological polar surface area (TPSA) is 60.2 Å². The van der Waals surface area contributed by atoms with Crippen molar-refractivity contribution in [2.75, 3.05) is 12.4 Å². The van der Waals surface area contributed by atoms with Gasteiger partial charge in [0.05, 0.1) is 24.7 Å². The largest absolute Gasteiger partial charge is 0.497 e. The summed E-state index contributed by atoms with van der Waals surface area (Å²) in [5, 5.41) is 3.22. The molecule has 0 aliphatic heterocycles. The molecule has 1 heterocycles. The molecule has 1 aromatic heterocycles. The van der Waals surface area contributed by atoms with E-state index >= 15 is 0 Å². The standard InChI is InChI=1S/C13H13N3OS/c1-17-11-5-2-9(3-6-11)16-10-4-7-12(13(14)18)15-8-10/h2-8,16H,1H3,(H2,14,18). The van der Waals surface area contributed by atoms with Crippen molar-refractivity contribution < 1.29 is 4.74 Å². The molecule has 5 heteroatoms. The zero-order valence-electron chi connectivity index (χ0n) is 9.88. The van der Waals surface area contributed by atoms with Crippen LogP contribution >= 0.6 is 12.2 Å². The maximum Gasteiger partial charge on any atom is 0.122 e. The van der Waals surface area contributed by atoms with Crippen molar-refractivity contribution in [3.05, 3.63) is 48.3 Å². The molecule has 1 aromatic carbocycles. The minimum Gasteiger partial charge on any atom is -0.497 e. The Morgan fingerprint density at radius 2 is 1.83 bits per heavy atom. The van der Waals surface area contributed by atoms with Crippen molar-refractivity contribution in [2.24, 2.45) is 5.73 Å². The Hall–Kier alpha value is -2.14. The fraction of sp³-hybridized carbons (Fsp3) is 0.0769. The first-order valence-corrected chi connectivity index (χ1v) is 5.77. The summed E-state index contributed by atoms with van der Waals surface area (Å²) in [5.41, 5.74) is 7.93. The maximum absolute atomic E-state index is 5.48. The number of hydrogen-bond acceptors (Lipinski definition) is 4. The van der Waals surface area contributed by atoms with Gasteiger partial charge >= 0.3 is 0 Å². The second-order valence-corrected chi connectivity index (χ2v) is 4.09. The summed E-state index contributed by atoms with van der Waals surface area (Å²) >= 11 is 4.84. The van der Waals surface area contributed by atoms with Gasteiger partial charge in [-0.3, -0.25) is 4.98 Å². The summed E-state index contributed by atoms with van der Waals surface area (Å²) in [6.45, 7) is 0. The average molecular weight is 259 g/mol. The summed E-state index contributed by atoms with van der Waals surface area (Å²) in [6, 6.07) is 11.3. The third-order valence-corrected chi connectivity index (χ3v) is 2.60. The van der Waals surface area contributed by atoms with Crippen molar-refractivity contribution in [3.63, 3.8) is 0 Å². The summed E-state index contributed by atoms with van der Waals surface area (Å²) in [6.07, 6.45) is 1.69. The van der Waals surface area contributed by atoms with Gasteiger partial charge in [-0.2, -0.15) is 0 Å². The third-order valence-electron chi connectivity index (χ3n) is 2.39. The molecular weight excluding hydrogens is 246 g/mol. The summed E-state index contributed by atoms with van der Waals surface area (Å²) < 4.78 is 5.09. The van der Waals surface area contributed by atoms with E-state index in [0.29, 0.717) is 10.7 Å². The lowest BCUT2D eigenvalue weighted by molar-refractivity contribution is 0.415. The van der Waals surface area contributed by atoms with E-state index in [1.54, 1.807) is 19.4 Å². The number of pyridine rings is 1. The Bertz CT molecular complexity index is 537. The molecule has 0 saturated carbocycles. The number of benzene rings is 1. The van der Waals surface area contributed by atoms with Crippen LogP contribution in [0, 0.1) is 0 Å². The number of thiocarbonyl (C=S) groups is 1. The number of methoxy groups -OCH3 is 1. The number of nitrogens with one attached hydrogen (secondary N) is 1. The van der Waals surface area contributed by atoms with Gasteiger partial charge in [0.15, 0.2) is 0 Å². The number of ether oxygens (including phenoxy) is 1. The van der Waals surface area contributed by atoms with Crippen molar-refractivity contribution in [3.8, 4) is 5.75 Å². The van der Waals surface area contributed by atoms with Crippen LogP contribution in [0.2, 0.25) is 0 Å². The summed E-state index contributed by atoms with van der Waals surface area (Å²) in [4.78, 5) is 4.45. The van der Waals surface area contributed by atoms with Crippen LogP contribution in [0.1, 0.15) is 5.69 Å². The molecule has 92 valence electrons. The van der Waals surface area contributed by atoms with Crippen LogP contribution in [0.15, 0.2) is 42.6 Å². The minimum atomic E-state index is 0.297. The normalized spacial score (nSPS) is 9.83. The molecule has 18 heavy (non-hydrogen) atoms. The highest BCUT2D eigenvalue weighted by molar-refractivity contribution is 7.80. The van der Waals surface area contributed by atoms with Crippen LogP contribution in [-0.4, -0.2) is 17.1 Å². The lowest BCUT2D eigenvalue weighted by Gasteiger charge is -2.07. The predicted molar refractivity (Wildman–Crippen MR) is 76.4 cm³/mol. The van der Waals surface area contributed by atoms with E-state index in [-0.39, 0.29) is 0 Å². The second-order valence-electron chi connectivity index (χ2n) is 3.65. The second kappa shape index (κ2) is 5.46. The quantitative estimate of drug-likeness (QED) is 0.826. The smallest absolute Gasteiger partial charge is 0.122 e. The zero-order valence-corrected chi connectivity index (χ0v) is 10.7. The Kier molecular flexibility index (Phi) is 3.74. The maximum atomic E-state index is 5.48. The molecule has 0 saturated heterocycles.